The summed E-state index contributed by atoms with van der Waals surface area (Å²) in [6.45, 7) is 0.368. The van der Waals surface area contributed by atoms with Gasteiger partial charge in [0.25, 0.3) is 5.95 Å². The standard InChI is InChI=1S/C19H21FN4O/c1-24(2)19-22-18(25-23-19)13-21-17(12-14-8-4-3-5-9-14)15-10-6-7-11-16(15)20/h3-11,17,21H,12-13H2,1-2H3. The first-order valence-corrected chi connectivity index (χ1v) is 8.15. The first-order chi connectivity index (χ1) is 12.1. The number of anilines is 1. The summed E-state index contributed by atoms with van der Waals surface area (Å²) in [6, 6.07) is 16.6. The first kappa shape index (κ1) is 17.1. The highest BCUT2D eigenvalue weighted by atomic mass is 19.1. The summed E-state index contributed by atoms with van der Waals surface area (Å²) in [5, 5.41) is 7.23. The normalized spacial score (nSPS) is 12.1. The molecular weight excluding hydrogens is 319 g/mol. The zero-order valence-corrected chi connectivity index (χ0v) is 14.3. The molecule has 0 bridgehead atoms. The Labute approximate surface area is 146 Å². The van der Waals surface area contributed by atoms with E-state index in [-0.39, 0.29) is 11.9 Å². The molecule has 0 fully saturated rings. The van der Waals surface area contributed by atoms with Crippen LogP contribution in [0.3, 0.4) is 0 Å². The smallest absolute Gasteiger partial charge is 0.265 e. The van der Waals surface area contributed by atoms with Crippen LogP contribution in [0.2, 0.25) is 0 Å². The fraction of sp³-hybridized carbons (Fsp3) is 0.263. The molecule has 1 atom stereocenters. The molecule has 0 amide bonds. The number of aromatic nitrogens is 2. The zero-order chi connectivity index (χ0) is 17.6. The van der Waals surface area contributed by atoms with Crippen molar-refractivity contribution in [2.75, 3.05) is 19.0 Å². The largest absolute Gasteiger partial charge is 0.344 e. The van der Waals surface area contributed by atoms with Crippen LogP contribution in [0.1, 0.15) is 23.1 Å². The second-order valence-corrected chi connectivity index (χ2v) is 6.03. The number of hydrogen-bond donors (Lipinski definition) is 1. The minimum Gasteiger partial charge on any atom is -0.344 e. The lowest BCUT2D eigenvalue weighted by Gasteiger charge is -2.19. The Morgan fingerprint density at radius 3 is 2.48 bits per heavy atom. The van der Waals surface area contributed by atoms with Gasteiger partial charge in [0.2, 0.25) is 5.89 Å². The molecule has 25 heavy (non-hydrogen) atoms. The Bertz CT molecular complexity index is 804. The van der Waals surface area contributed by atoms with Crippen LogP contribution in [0.4, 0.5) is 10.3 Å². The van der Waals surface area contributed by atoms with Gasteiger partial charge in [-0.3, -0.25) is 0 Å². The highest BCUT2D eigenvalue weighted by molar-refractivity contribution is 5.26. The van der Waals surface area contributed by atoms with Crippen LogP contribution >= 0.6 is 0 Å². The highest BCUT2D eigenvalue weighted by Crippen LogP contribution is 2.22. The molecule has 0 spiro atoms. The fourth-order valence-corrected chi connectivity index (χ4v) is 2.61. The molecule has 1 unspecified atom stereocenters. The summed E-state index contributed by atoms with van der Waals surface area (Å²) in [7, 11) is 3.69. The summed E-state index contributed by atoms with van der Waals surface area (Å²) >= 11 is 0. The molecule has 2 aromatic carbocycles. The maximum absolute atomic E-state index is 14.3. The molecule has 0 aliphatic rings. The molecule has 0 saturated carbocycles. The van der Waals surface area contributed by atoms with Crippen LogP contribution in [0.25, 0.3) is 0 Å². The summed E-state index contributed by atoms with van der Waals surface area (Å²) in [5.41, 5.74) is 1.75. The van der Waals surface area contributed by atoms with Gasteiger partial charge in [-0.1, -0.05) is 48.5 Å². The second kappa shape index (κ2) is 7.90. The molecule has 0 aliphatic heterocycles. The average Bonchev–Trinajstić information content (AvgIpc) is 3.09. The number of nitrogens with zero attached hydrogens (tertiary/aromatic N) is 3. The van der Waals surface area contributed by atoms with E-state index in [9.17, 15) is 4.39 Å². The molecule has 1 N–H and O–H groups in total. The molecule has 130 valence electrons. The van der Waals surface area contributed by atoms with Gasteiger partial charge >= 0.3 is 0 Å². The van der Waals surface area contributed by atoms with Crippen LogP contribution in [-0.4, -0.2) is 24.2 Å². The van der Waals surface area contributed by atoms with Crippen molar-refractivity contribution < 1.29 is 8.91 Å². The Morgan fingerprint density at radius 1 is 1.08 bits per heavy atom. The van der Waals surface area contributed by atoms with Crippen molar-refractivity contribution >= 4 is 5.95 Å². The molecule has 0 aliphatic carbocycles. The fourth-order valence-electron chi connectivity index (χ4n) is 2.61. The minimum atomic E-state index is -0.226. The van der Waals surface area contributed by atoms with Crippen molar-refractivity contribution in [3.8, 4) is 0 Å². The third kappa shape index (κ3) is 4.42. The Morgan fingerprint density at radius 2 is 1.80 bits per heavy atom. The van der Waals surface area contributed by atoms with Crippen LogP contribution in [0, 0.1) is 5.82 Å². The number of hydrogen-bond acceptors (Lipinski definition) is 5. The second-order valence-electron chi connectivity index (χ2n) is 6.03. The van der Waals surface area contributed by atoms with E-state index in [0.717, 1.165) is 5.56 Å². The van der Waals surface area contributed by atoms with Crippen LogP contribution < -0.4 is 10.2 Å². The molecule has 1 aromatic heterocycles. The van der Waals surface area contributed by atoms with Crippen LogP contribution in [0.15, 0.2) is 59.1 Å². The third-order valence-corrected chi connectivity index (χ3v) is 3.92. The van der Waals surface area contributed by atoms with Crippen LogP contribution in [0.5, 0.6) is 0 Å². The van der Waals surface area contributed by atoms with E-state index in [2.05, 4.69) is 15.5 Å². The molecular formula is C19H21FN4O. The van der Waals surface area contributed by atoms with E-state index in [0.29, 0.717) is 30.4 Å². The van der Waals surface area contributed by atoms with Gasteiger partial charge in [0.1, 0.15) is 5.82 Å². The van der Waals surface area contributed by atoms with Crippen molar-refractivity contribution in [2.24, 2.45) is 0 Å². The van der Waals surface area contributed by atoms with Crippen molar-refractivity contribution in [3.63, 3.8) is 0 Å². The van der Waals surface area contributed by atoms with E-state index >= 15 is 0 Å². The SMILES string of the molecule is CN(C)c1noc(CNC(Cc2ccccc2)c2ccccc2F)n1. The zero-order valence-electron chi connectivity index (χ0n) is 14.3. The number of rotatable bonds is 7. The van der Waals surface area contributed by atoms with Crippen molar-refractivity contribution in [3.05, 3.63) is 77.4 Å². The predicted octanol–water partition coefficient (Wildman–Crippen LogP) is 3.35. The van der Waals surface area contributed by atoms with Gasteiger partial charge in [-0.2, -0.15) is 4.98 Å². The van der Waals surface area contributed by atoms with Crippen molar-refractivity contribution in [2.45, 2.75) is 19.0 Å². The highest BCUT2D eigenvalue weighted by Gasteiger charge is 2.17. The predicted molar refractivity (Wildman–Crippen MR) is 94.8 cm³/mol. The van der Waals surface area contributed by atoms with Gasteiger partial charge < -0.3 is 14.7 Å². The molecule has 5 nitrogen and oxygen atoms in total. The third-order valence-electron chi connectivity index (χ3n) is 3.92. The minimum absolute atomic E-state index is 0.196. The molecule has 0 radical (unpaired) electrons. The van der Waals surface area contributed by atoms with Gasteiger partial charge in [-0.15, -0.1) is 0 Å². The number of benzene rings is 2. The van der Waals surface area contributed by atoms with E-state index in [1.807, 2.05) is 50.5 Å². The quantitative estimate of drug-likeness (QED) is 0.715. The number of nitrogens with one attached hydrogen (secondary N) is 1. The Balaban J connectivity index is 1.77. The van der Waals surface area contributed by atoms with Gasteiger partial charge in [0.15, 0.2) is 0 Å². The lowest BCUT2D eigenvalue weighted by Crippen LogP contribution is -2.24. The maximum atomic E-state index is 14.3. The van der Waals surface area contributed by atoms with E-state index in [4.69, 9.17) is 4.52 Å². The Kier molecular flexibility index (Phi) is 5.40. The van der Waals surface area contributed by atoms with Crippen molar-refractivity contribution in [1.29, 1.82) is 0 Å². The monoisotopic (exact) mass is 340 g/mol. The van der Waals surface area contributed by atoms with Gasteiger partial charge in [0.05, 0.1) is 6.54 Å². The maximum Gasteiger partial charge on any atom is 0.265 e. The number of halogens is 1. The van der Waals surface area contributed by atoms with Gasteiger partial charge in [0, 0.05) is 25.7 Å². The molecule has 1 heterocycles. The summed E-state index contributed by atoms with van der Waals surface area (Å²) in [5.74, 6) is 0.760. The summed E-state index contributed by atoms with van der Waals surface area (Å²) in [6.07, 6.45) is 0.663. The molecule has 0 saturated heterocycles. The van der Waals surface area contributed by atoms with Gasteiger partial charge in [-0.05, 0) is 23.2 Å². The van der Waals surface area contributed by atoms with E-state index in [1.165, 1.54) is 6.07 Å². The topological polar surface area (TPSA) is 54.2 Å². The molecule has 3 aromatic rings. The Hall–Kier alpha value is -2.73. The van der Waals surface area contributed by atoms with Crippen LogP contribution in [-0.2, 0) is 13.0 Å². The summed E-state index contributed by atoms with van der Waals surface area (Å²) < 4.78 is 19.5. The van der Waals surface area contributed by atoms with E-state index < -0.39 is 0 Å². The molecule has 3 rings (SSSR count). The first-order valence-electron chi connectivity index (χ1n) is 8.15. The average molecular weight is 340 g/mol. The molecule has 6 heteroatoms. The lowest BCUT2D eigenvalue weighted by molar-refractivity contribution is 0.355. The van der Waals surface area contributed by atoms with Gasteiger partial charge in [-0.25, -0.2) is 4.39 Å². The van der Waals surface area contributed by atoms with Crippen molar-refractivity contribution in [1.82, 2.24) is 15.5 Å². The summed E-state index contributed by atoms with van der Waals surface area (Å²) in [4.78, 5) is 6.07. The van der Waals surface area contributed by atoms with E-state index in [1.54, 1.807) is 17.0 Å². The lowest BCUT2D eigenvalue weighted by atomic mass is 9.98.